The molecule has 1 aliphatic rings. The van der Waals surface area contributed by atoms with E-state index in [4.69, 9.17) is 4.74 Å². The number of hydrogen-bond acceptors (Lipinski definition) is 4. The average Bonchev–Trinajstić information content (AvgIpc) is 2.84. The predicted octanol–water partition coefficient (Wildman–Crippen LogP) is 5.06. The Labute approximate surface area is 207 Å². The zero-order chi connectivity index (χ0) is 24.8. The number of rotatable bonds is 7. The van der Waals surface area contributed by atoms with E-state index in [1.54, 1.807) is 24.3 Å². The first-order chi connectivity index (χ1) is 16.9. The van der Waals surface area contributed by atoms with Crippen molar-refractivity contribution in [2.24, 2.45) is 0 Å². The highest BCUT2D eigenvalue weighted by Gasteiger charge is 2.25. The lowest BCUT2D eigenvalue weighted by Gasteiger charge is -2.32. The van der Waals surface area contributed by atoms with E-state index in [1.165, 1.54) is 18.1 Å². The smallest absolute Gasteiger partial charge is 0.253 e. The third-order valence-corrected chi connectivity index (χ3v) is 6.13. The molecule has 0 saturated carbocycles. The summed E-state index contributed by atoms with van der Waals surface area (Å²) in [6.45, 7) is 3.65. The number of nitrogens with one attached hydrogen (secondary N) is 1. The van der Waals surface area contributed by atoms with E-state index in [9.17, 15) is 9.59 Å². The van der Waals surface area contributed by atoms with E-state index in [1.807, 2.05) is 17.0 Å². The highest BCUT2D eigenvalue weighted by molar-refractivity contribution is 5.95. The van der Waals surface area contributed by atoms with Crippen molar-refractivity contribution in [2.45, 2.75) is 32.4 Å². The van der Waals surface area contributed by atoms with Crippen LogP contribution in [0.3, 0.4) is 0 Å². The van der Waals surface area contributed by atoms with E-state index >= 15 is 0 Å². The Morgan fingerprint density at radius 3 is 2.37 bits per heavy atom. The largest absolute Gasteiger partial charge is 0.490 e. The fourth-order valence-electron chi connectivity index (χ4n) is 4.47. The lowest BCUT2D eigenvalue weighted by molar-refractivity contribution is -0.114. The molecule has 4 rings (SSSR count). The quantitative estimate of drug-likeness (QED) is 0.523. The molecule has 1 fully saturated rings. The fourth-order valence-corrected chi connectivity index (χ4v) is 4.47. The molecule has 0 aromatic heterocycles. The van der Waals surface area contributed by atoms with Gasteiger partial charge in [0.15, 0.2) is 0 Å². The van der Waals surface area contributed by atoms with Crippen LogP contribution in [-0.2, 0) is 11.3 Å². The summed E-state index contributed by atoms with van der Waals surface area (Å²) in [6.07, 6.45) is 1.65. The van der Waals surface area contributed by atoms with Crippen LogP contribution in [-0.4, -0.2) is 54.9 Å². The number of likely N-dealkylation sites (tertiary alicyclic amines) is 1. The molecule has 0 unspecified atom stereocenters. The first-order valence-electron chi connectivity index (χ1n) is 12.1. The molecule has 0 aliphatic carbocycles. The van der Waals surface area contributed by atoms with Gasteiger partial charge in [-0.15, -0.1) is 0 Å². The van der Waals surface area contributed by atoms with Crippen molar-refractivity contribution >= 4 is 17.5 Å². The Morgan fingerprint density at radius 2 is 1.69 bits per heavy atom. The number of piperidine rings is 1. The minimum absolute atomic E-state index is 0.0114. The van der Waals surface area contributed by atoms with Gasteiger partial charge in [-0.2, -0.15) is 0 Å². The summed E-state index contributed by atoms with van der Waals surface area (Å²) in [5.74, 6) is 0.743. The monoisotopic (exact) mass is 471 g/mol. The number of carbonyl (C=O) groups excluding carboxylic acids is 2. The van der Waals surface area contributed by atoms with Crippen molar-refractivity contribution in [3.63, 3.8) is 0 Å². The van der Waals surface area contributed by atoms with Crippen LogP contribution < -0.4 is 10.1 Å². The molecular formula is C29H33N3O3. The molecule has 6 nitrogen and oxygen atoms in total. The summed E-state index contributed by atoms with van der Waals surface area (Å²) < 4.78 is 6.34. The Balaban J connectivity index is 1.36. The van der Waals surface area contributed by atoms with E-state index in [0.717, 1.165) is 30.7 Å². The molecule has 0 atom stereocenters. The maximum Gasteiger partial charge on any atom is 0.253 e. The van der Waals surface area contributed by atoms with Crippen LogP contribution in [0, 0.1) is 0 Å². The topological polar surface area (TPSA) is 61.9 Å². The van der Waals surface area contributed by atoms with Gasteiger partial charge in [0.25, 0.3) is 5.91 Å². The summed E-state index contributed by atoms with van der Waals surface area (Å²) >= 11 is 0. The SMILES string of the molecule is CC(=O)Nc1ccc(C(=O)N2CCC(Oc3cccc(-c4ccccc4CN(C)C)c3)CC2)cc1. The van der Waals surface area contributed by atoms with Crippen LogP contribution in [0.4, 0.5) is 5.69 Å². The molecular weight excluding hydrogens is 438 g/mol. The lowest BCUT2D eigenvalue weighted by atomic mass is 9.99. The van der Waals surface area contributed by atoms with Crippen LogP contribution in [0.1, 0.15) is 35.7 Å². The normalized spacial score (nSPS) is 14.1. The number of amides is 2. The molecule has 0 bridgehead atoms. The molecule has 1 aliphatic heterocycles. The Bertz CT molecular complexity index is 1170. The molecule has 1 heterocycles. The number of ether oxygens (including phenoxy) is 1. The van der Waals surface area contributed by atoms with Gasteiger partial charge in [0.1, 0.15) is 11.9 Å². The summed E-state index contributed by atoms with van der Waals surface area (Å²) in [5, 5.41) is 2.72. The van der Waals surface area contributed by atoms with Gasteiger partial charge in [-0.3, -0.25) is 9.59 Å². The van der Waals surface area contributed by atoms with Gasteiger partial charge in [0, 0.05) is 50.7 Å². The summed E-state index contributed by atoms with van der Waals surface area (Å²) in [4.78, 5) is 28.1. The third kappa shape index (κ3) is 6.49. The Morgan fingerprint density at radius 1 is 0.971 bits per heavy atom. The van der Waals surface area contributed by atoms with Crippen LogP contribution in [0.25, 0.3) is 11.1 Å². The van der Waals surface area contributed by atoms with Gasteiger partial charge in [0.2, 0.25) is 5.91 Å². The minimum atomic E-state index is -0.130. The fraction of sp³-hybridized carbons (Fsp3) is 0.310. The maximum atomic E-state index is 12.9. The average molecular weight is 472 g/mol. The Hall–Kier alpha value is -3.64. The number of carbonyl (C=O) groups is 2. The van der Waals surface area contributed by atoms with Gasteiger partial charge >= 0.3 is 0 Å². The molecule has 1 N–H and O–H groups in total. The molecule has 1 saturated heterocycles. The highest BCUT2D eigenvalue weighted by Crippen LogP contribution is 2.29. The number of benzene rings is 3. The number of nitrogens with zero attached hydrogens (tertiary/aromatic N) is 2. The van der Waals surface area contributed by atoms with Crippen LogP contribution in [0.2, 0.25) is 0 Å². The van der Waals surface area contributed by atoms with Crippen LogP contribution in [0.5, 0.6) is 5.75 Å². The standard InChI is InChI=1S/C29H33N3O3/c1-21(33)30-25-13-11-22(12-14-25)29(34)32-17-15-26(16-18-32)35-27-9-6-8-23(19-27)28-10-5-4-7-24(28)20-31(2)3/h4-14,19,26H,15-18,20H2,1-3H3,(H,30,33). The maximum absolute atomic E-state index is 12.9. The van der Waals surface area contributed by atoms with E-state index < -0.39 is 0 Å². The van der Waals surface area contributed by atoms with Crippen molar-refractivity contribution < 1.29 is 14.3 Å². The first-order valence-corrected chi connectivity index (χ1v) is 12.1. The van der Waals surface area contributed by atoms with Crippen molar-refractivity contribution in [3.8, 4) is 16.9 Å². The van der Waals surface area contributed by atoms with E-state index in [0.29, 0.717) is 24.3 Å². The van der Waals surface area contributed by atoms with Gasteiger partial charge in [0.05, 0.1) is 0 Å². The Kier molecular flexibility index (Phi) is 7.83. The van der Waals surface area contributed by atoms with Gasteiger partial charge in [-0.25, -0.2) is 0 Å². The molecule has 2 amide bonds. The van der Waals surface area contributed by atoms with E-state index in [-0.39, 0.29) is 17.9 Å². The van der Waals surface area contributed by atoms with Crippen molar-refractivity contribution in [1.82, 2.24) is 9.80 Å². The second kappa shape index (κ2) is 11.2. The minimum Gasteiger partial charge on any atom is -0.490 e. The third-order valence-electron chi connectivity index (χ3n) is 6.13. The molecule has 0 spiro atoms. The molecule has 3 aromatic rings. The van der Waals surface area contributed by atoms with Gasteiger partial charge < -0.3 is 19.9 Å². The molecule has 35 heavy (non-hydrogen) atoms. The van der Waals surface area contributed by atoms with Gasteiger partial charge in [-0.05, 0) is 67.2 Å². The summed E-state index contributed by atoms with van der Waals surface area (Å²) in [7, 11) is 4.16. The van der Waals surface area contributed by atoms with Crippen LogP contribution >= 0.6 is 0 Å². The molecule has 6 heteroatoms. The molecule has 182 valence electrons. The summed E-state index contributed by atoms with van der Waals surface area (Å²) in [6, 6.07) is 23.8. The number of anilines is 1. The van der Waals surface area contributed by atoms with Gasteiger partial charge in [-0.1, -0.05) is 36.4 Å². The zero-order valence-electron chi connectivity index (χ0n) is 20.7. The van der Waals surface area contributed by atoms with Crippen molar-refractivity contribution in [1.29, 1.82) is 0 Å². The first kappa shape index (κ1) is 24.5. The van der Waals surface area contributed by atoms with Crippen LogP contribution in [0.15, 0.2) is 72.8 Å². The predicted molar refractivity (Wildman–Crippen MR) is 140 cm³/mol. The second-order valence-corrected chi connectivity index (χ2v) is 9.29. The number of hydrogen-bond donors (Lipinski definition) is 1. The zero-order valence-corrected chi connectivity index (χ0v) is 20.7. The lowest BCUT2D eigenvalue weighted by Crippen LogP contribution is -2.41. The second-order valence-electron chi connectivity index (χ2n) is 9.29. The molecule has 3 aromatic carbocycles. The highest BCUT2D eigenvalue weighted by atomic mass is 16.5. The van der Waals surface area contributed by atoms with E-state index in [2.05, 4.69) is 60.7 Å². The summed E-state index contributed by atoms with van der Waals surface area (Å²) in [5.41, 5.74) is 4.97. The molecule has 0 radical (unpaired) electrons. The van der Waals surface area contributed by atoms with Crippen molar-refractivity contribution in [2.75, 3.05) is 32.5 Å². The van der Waals surface area contributed by atoms with Crippen molar-refractivity contribution in [3.05, 3.63) is 83.9 Å².